The number of anilines is 1. The highest BCUT2D eigenvalue weighted by atomic mass is 32.1. The Morgan fingerprint density at radius 2 is 1.68 bits per heavy atom. The summed E-state index contributed by atoms with van der Waals surface area (Å²) in [6.07, 6.45) is 0.644. The van der Waals surface area contributed by atoms with Crippen LogP contribution in [0.5, 0.6) is 0 Å². The number of carbonyl (C=O) groups excluding carboxylic acids is 3. The van der Waals surface area contributed by atoms with Crippen molar-refractivity contribution in [3.8, 4) is 0 Å². The quantitative estimate of drug-likeness (QED) is 0.666. The summed E-state index contributed by atoms with van der Waals surface area (Å²) in [5.41, 5.74) is 1.48. The van der Waals surface area contributed by atoms with Gasteiger partial charge >= 0.3 is 0 Å². The highest BCUT2D eigenvalue weighted by molar-refractivity contribution is 7.22. The monoisotopic (exact) mass is 393 g/mol. The Hall–Kier alpha value is -3.06. The first kappa shape index (κ1) is 18.3. The topological polar surface area (TPSA) is 79.4 Å². The van der Waals surface area contributed by atoms with Crippen LogP contribution in [0, 0.1) is 5.92 Å². The van der Waals surface area contributed by atoms with E-state index >= 15 is 0 Å². The molecule has 142 valence electrons. The van der Waals surface area contributed by atoms with Crippen molar-refractivity contribution in [1.82, 2.24) is 9.88 Å². The number of hydrogen-bond donors (Lipinski definition) is 1. The van der Waals surface area contributed by atoms with E-state index in [9.17, 15) is 14.4 Å². The number of amides is 3. The summed E-state index contributed by atoms with van der Waals surface area (Å²) in [7, 11) is 0. The molecule has 0 radical (unpaired) electrons. The molecule has 0 bridgehead atoms. The number of benzene rings is 2. The van der Waals surface area contributed by atoms with Crippen molar-refractivity contribution in [2.24, 2.45) is 5.92 Å². The van der Waals surface area contributed by atoms with Crippen LogP contribution >= 0.6 is 11.3 Å². The van der Waals surface area contributed by atoms with E-state index in [-0.39, 0.29) is 5.92 Å². The molecule has 0 fully saturated rings. The van der Waals surface area contributed by atoms with E-state index in [2.05, 4.69) is 10.3 Å². The molecule has 2 atom stereocenters. The molecule has 1 N–H and O–H groups in total. The van der Waals surface area contributed by atoms with Crippen molar-refractivity contribution in [3.63, 3.8) is 0 Å². The molecule has 1 aromatic heterocycles. The molecule has 1 aliphatic rings. The summed E-state index contributed by atoms with van der Waals surface area (Å²) in [5.74, 6) is -1.45. The Morgan fingerprint density at radius 1 is 1.07 bits per heavy atom. The van der Waals surface area contributed by atoms with Gasteiger partial charge in [-0.1, -0.05) is 55.9 Å². The van der Waals surface area contributed by atoms with Crippen LogP contribution in [0.25, 0.3) is 10.2 Å². The number of para-hydroxylation sites is 1. The lowest BCUT2D eigenvalue weighted by Gasteiger charge is -2.29. The summed E-state index contributed by atoms with van der Waals surface area (Å²) in [6.45, 7) is 3.80. The van der Waals surface area contributed by atoms with Gasteiger partial charge in [0.15, 0.2) is 5.13 Å². The van der Waals surface area contributed by atoms with Crippen molar-refractivity contribution >= 4 is 44.4 Å². The van der Waals surface area contributed by atoms with Crippen LogP contribution in [0.2, 0.25) is 0 Å². The lowest BCUT2D eigenvalue weighted by Crippen LogP contribution is -2.50. The Bertz CT molecular complexity index is 1020. The summed E-state index contributed by atoms with van der Waals surface area (Å²) < 4.78 is 0.957. The van der Waals surface area contributed by atoms with Crippen LogP contribution in [0.4, 0.5) is 5.13 Å². The van der Waals surface area contributed by atoms with Crippen LogP contribution in [0.15, 0.2) is 48.5 Å². The van der Waals surface area contributed by atoms with Gasteiger partial charge in [0.2, 0.25) is 5.91 Å². The number of aromatic nitrogens is 1. The Morgan fingerprint density at radius 3 is 2.29 bits per heavy atom. The predicted octanol–water partition coefficient (Wildman–Crippen LogP) is 3.95. The molecule has 0 aliphatic carbocycles. The molecule has 0 unspecified atom stereocenters. The number of thiazole rings is 1. The molecule has 28 heavy (non-hydrogen) atoms. The van der Waals surface area contributed by atoms with E-state index in [0.717, 1.165) is 15.1 Å². The normalized spacial score (nSPS) is 15.6. The molecule has 0 saturated carbocycles. The van der Waals surface area contributed by atoms with Gasteiger partial charge in [-0.2, -0.15) is 0 Å². The Balaban J connectivity index is 1.66. The second kappa shape index (κ2) is 7.16. The van der Waals surface area contributed by atoms with Gasteiger partial charge in [-0.3, -0.25) is 19.3 Å². The van der Waals surface area contributed by atoms with Gasteiger partial charge in [-0.05, 0) is 30.2 Å². The minimum Gasteiger partial charge on any atom is -0.300 e. The predicted molar refractivity (Wildman–Crippen MR) is 108 cm³/mol. The van der Waals surface area contributed by atoms with Crippen LogP contribution in [0.3, 0.4) is 0 Å². The van der Waals surface area contributed by atoms with E-state index in [1.807, 2.05) is 38.1 Å². The molecule has 2 heterocycles. The van der Waals surface area contributed by atoms with Crippen molar-refractivity contribution in [2.75, 3.05) is 5.32 Å². The van der Waals surface area contributed by atoms with Crippen molar-refractivity contribution in [1.29, 1.82) is 0 Å². The van der Waals surface area contributed by atoms with Crippen LogP contribution in [0.1, 0.15) is 41.0 Å². The molecular formula is C21H19N3O3S. The summed E-state index contributed by atoms with van der Waals surface area (Å²) in [4.78, 5) is 44.4. The fourth-order valence-corrected chi connectivity index (χ4v) is 4.29. The third kappa shape index (κ3) is 2.97. The fourth-order valence-electron chi connectivity index (χ4n) is 3.42. The van der Waals surface area contributed by atoms with E-state index in [1.54, 1.807) is 24.3 Å². The third-order valence-electron chi connectivity index (χ3n) is 5.08. The molecule has 3 aromatic rings. The van der Waals surface area contributed by atoms with Gasteiger partial charge in [-0.25, -0.2) is 4.98 Å². The Labute approximate surface area is 166 Å². The highest BCUT2D eigenvalue weighted by Gasteiger charge is 2.44. The van der Waals surface area contributed by atoms with Gasteiger partial charge in [0.25, 0.3) is 11.8 Å². The maximum atomic E-state index is 13.1. The first-order chi connectivity index (χ1) is 13.5. The molecule has 1 aliphatic heterocycles. The van der Waals surface area contributed by atoms with E-state index in [1.165, 1.54) is 11.3 Å². The smallest absolute Gasteiger partial charge is 0.262 e. The number of carbonyl (C=O) groups is 3. The maximum absolute atomic E-state index is 13.1. The number of fused-ring (bicyclic) bond motifs is 2. The van der Waals surface area contributed by atoms with E-state index in [0.29, 0.717) is 22.7 Å². The number of nitrogens with one attached hydrogen (secondary N) is 1. The van der Waals surface area contributed by atoms with Crippen molar-refractivity contribution in [2.45, 2.75) is 26.3 Å². The SMILES string of the molecule is CC[C@@H](C)[C@H](C(=O)Nc1nc2ccccc2s1)N1C(=O)c2ccccc2C1=O. The summed E-state index contributed by atoms with van der Waals surface area (Å²) in [5, 5.41) is 3.27. The van der Waals surface area contributed by atoms with Crippen LogP contribution in [-0.4, -0.2) is 33.6 Å². The number of hydrogen-bond acceptors (Lipinski definition) is 5. The van der Waals surface area contributed by atoms with Crippen LogP contribution in [-0.2, 0) is 4.79 Å². The lowest BCUT2D eigenvalue weighted by atomic mass is 9.96. The molecule has 6 nitrogen and oxygen atoms in total. The minimum absolute atomic E-state index is 0.198. The first-order valence-corrected chi connectivity index (χ1v) is 9.96. The third-order valence-corrected chi connectivity index (χ3v) is 6.03. The van der Waals surface area contributed by atoms with Gasteiger partial charge < -0.3 is 5.32 Å². The van der Waals surface area contributed by atoms with Gasteiger partial charge in [0, 0.05) is 0 Å². The summed E-state index contributed by atoms with van der Waals surface area (Å²) >= 11 is 1.36. The molecule has 2 aromatic carbocycles. The first-order valence-electron chi connectivity index (χ1n) is 9.14. The fraction of sp³-hybridized carbons (Fsp3) is 0.238. The zero-order valence-electron chi connectivity index (χ0n) is 15.5. The molecule has 7 heteroatoms. The number of imide groups is 1. The molecular weight excluding hydrogens is 374 g/mol. The van der Waals surface area contributed by atoms with Crippen LogP contribution < -0.4 is 5.32 Å². The van der Waals surface area contributed by atoms with Gasteiger partial charge in [0.1, 0.15) is 6.04 Å². The zero-order chi connectivity index (χ0) is 19.8. The largest absolute Gasteiger partial charge is 0.300 e. The zero-order valence-corrected chi connectivity index (χ0v) is 16.3. The van der Waals surface area contributed by atoms with Crippen molar-refractivity contribution < 1.29 is 14.4 Å². The van der Waals surface area contributed by atoms with E-state index < -0.39 is 23.8 Å². The standard InChI is InChI=1S/C21H19N3O3S/c1-3-12(2)17(24-19(26)13-8-4-5-9-14(13)20(24)27)18(25)23-21-22-15-10-6-7-11-16(15)28-21/h4-12,17H,3H2,1-2H3,(H,22,23,25)/t12-,17-/m1/s1. The molecule has 3 amide bonds. The number of nitrogens with zero attached hydrogens (tertiary/aromatic N) is 2. The molecule has 0 saturated heterocycles. The lowest BCUT2D eigenvalue weighted by molar-refractivity contribution is -0.121. The maximum Gasteiger partial charge on any atom is 0.262 e. The molecule has 4 rings (SSSR count). The average molecular weight is 393 g/mol. The Kier molecular flexibility index (Phi) is 4.68. The average Bonchev–Trinajstić information content (AvgIpc) is 3.22. The van der Waals surface area contributed by atoms with Gasteiger partial charge in [-0.15, -0.1) is 0 Å². The summed E-state index contributed by atoms with van der Waals surface area (Å²) in [6, 6.07) is 13.4. The highest BCUT2D eigenvalue weighted by Crippen LogP contribution is 2.30. The van der Waals surface area contributed by atoms with Crippen molar-refractivity contribution in [3.05, 3.63) is 59.7 Å². The van der Waals surface area contributed by atoms with E-state index in [4.69, 9.17) is 0 Å². The second-order valence-electron chi connectivity index (χ2n) is 6.83. The van der Waals surface area contributed by atoms with Gasteiger partial charge in [0.05, 0.1) is 21.3 Å². The number of rotatable bonds is 5. The second-order valence-corrected chi connectivity index (χ2v) is 7.86. The minimum atomic E-state index is -0.899. The molecule has 0 spiro atoms.